The van der Waals surface area contributed by atoms with Gasteiger partial charge < -0.3 is 15.1 Å². The number of rotatable bonds is 8. The van der Waals surface area contributed by atoms with E-state index in [-0.39, 0.29) is 27.6 Å². The molecule has 13 heteroatoms. The summed E-state index contributed by atoms with van der Waals surface area (Å²) in [4.78, 5) is 24.7. The zero-order valence-corrected chi connectivity index (χ0v) is 20.1. The van der Waals surface area contributed by atoms with Gasteiger partial charge in [0.05, 0.1) is 29.1 Å². The van der Waals surface area contributed by atoms with Crippen molar-refractivity contribution in [2.24, 2.45) is 0 Å². The quantitative estimate of drug-likeness (QED) is 0.378. The van der Waals surface area contributed by atoms with E-state index in [4.69, 9.17) is 11.6 Å². The lowest BCUT2D eigenvalue weighted by molar-refractivity contribution is -0.139. The van der Waals surface area contributed by atoms with E-state index in [0.29, 0.717) is 11.3 Å². The maximum absolute atomic E-state index is 13.2. The molecular weight excluding hydrogens is 519 g/mol. The Hall–Kier alpha value is -3.48. The van der Waals surface area contributed by atoms with Crippen molar-refractivity contribution in [1.29, 1.82) is 0 Å². The Bertz CT molecular complexity index is 1380. The SMILES string of the molecule is O=C(N[C@@H](Cc1ccc(F)cc1)C(=O)O)c1ccc(Cl)cc1NS(=O)(=O)C1=CC=CN2SNC=C12. The number of allylic oxidation sites excluding steroid dienone is 2. The fourth-order valence-electron chi connectivity index (χ4n) is 3.35. The van der Waals surface area contributed by atoms with E-state index in [1.165, 1.54) is 66.9 Å². The molecule has 9 nitrogen and oxygen atoms in total. The number of benzene rings is 2. The maximum atomic E-state index is 13.2. The first kappa shape index (κ1) is 24.6. The molecule has 0 radical (unpaired) electrons. The van der Waals surface area contributed by atoms with Crippen molar-refractivity contribution in [3.8, 4) is 0 Å². The number of hydrogen-bond donors (Lipinski definition) is 4. The predicted octanol–water partition coefficient (Wildman–Crippen LogP) is 3.37. The molecule has 1 amide bonds. The van der Waals surface area contributed by atoms with Crippen molar-refractivity contribution in [2.75, 3.05) is 4.72 Å². The van der Waals surface area contributed by atoms with E-state index in [2.05, 4.69) is 14.8 Å². The lowest BCUT2D eigenvalue weighted by Crippen LogP contribution is -2.42. The van der Waals surface area contributed by atoms with Gasteiger partial charge in [0.25, 0.3) is 15.9 Å². The number of nitrogens with zero attached hydrogens (tertiary/aromatic N) is 1. The molecular formula is C22H18ClFN4O5S2. The average molecular weight is 537 g/mol. The van der Waals surface area contributed by atoms with E-state index in [0.717, 1.165) is 0 Å². The zero-order chi connectivity index (χ0) is 25.2. The van der Waals surface area contributed by atoms with Gasteiger partial charge in [-0.05, 0) is 48.0 Å². The van der Waals surface area contributed by atoms with E-state index in [9.17, 15) is 27.5 Å². The fourth-order valence-corrected chi connectivity index (χ4v) is 5.50. The van der Waals surface area contributed by atoms with Crippen LogP contribution in [0, 0.1) is 5.82 Å². The normalized spacial score (nSPS) is 15.4. The summed E-state index contributed by atoms with van der Waals surface area (Å²) in [6.07, 6.45) is 6.07. The Balaban J connectivity index is 1.58. The summed E-state index contributed by atoms with van der Waals surface area (Å²) in [5.74, 6) is -2.61. The molecule has 1 atom stereocenters. The van der Waals surface area contributed by atoms with Crippen LogP contribution >= 0.6 is 23.7 Å². The van der Waals surface area contributed by atoms with Crippen LogP contribution in [-0.4, -0.2) is 35.7 Å². The molecule has 2 aromatic carbocycles. The highest BCUT2D eigenvalue weighted by molar-refractivity contribution is 7.97. The number of amides is 1. The van der Waals surface area contributed by atoms with E-state index in [1.54, 1.807) is 16.6 Å². The number of carboxylic acids is 1. The Morgan fingerprint density at radius 2 is 1.94 bits per heavy atom. The van der Waals surface area contributed by atoms with Crippen LogP contribution < -0.4 is 14.8 Å². The van der Waals surface area contributed by atoms with Crippen LogP contribution in [-0.2, 0) is 21.2 Å². The zero-order valence-electron chi connectivity index (χ0n) is 17.7. The second-order valence-corrected chi connectivity index (χ2v) is 10.3. The molecule has 0 saturated carbocycles. The second-order valence-electron chi connectivity index (χ2n) is 7.43. The minimum absolute atomic E-state index is 0.0384. The molecule has 0 aliphatic carbocycles. The standard InChI is InChI=1S/C22H18ClFN4O5S2/c23-14-5-8-16(21(29)26-18(22(30)31)10-13-3-6-15(24)7-4-13)17(11-14)27-35(32,33)20-2-1-9-28-19(20)12-25-34-28/h1-9,11-12,18,25,27H,10H2,(H,26,29)(H,30,31)/t18-/m0/s1. The number of carboxylic acid groups (broad SMARTS) is 1. The summed E-state index contributed by atoms with van der Waals surface area (Å²) in [5, 5.41) is 12.1. The molecule has 2 aliphatic heterocycles. The van der Waals surface area contributed by atoms with Gasteiger partial charge in [-0.25, -0.2) is 17.6 Å². The first-order chi connectivity index (χ1) is 16.6. The Kier molecular flexibility index (Phi) is 7.05. The third kappa shape index (κ3) is 5.61. The summed E-state index contributed by atoms with van der Waals surface area (Å²) >= 11 is 7.23. The second kappa shape index (κ2) is 10.0. The fraction of sp³-hybridized carbons (Fsp3) is 0.0909. The first-order valence-corrected chi connectivity index (χ1v) is 12.7. The van der Waals surface area contributed by atoms with Gasteiger partial charge in [0.2, 0.25) is 0 Å². The lowest BCUT2D eigenvalue weighted by atomic mass is 10.0. The van der Waals surface area contributed by atoms with Crippen molar-refractivity contribution in [2.45, 2.75) is 12.5 Å². The molecule has 0 spiro atoms. The molecule has 35 heavy (non-hydrogen) atoms. The summed E-state index contributed by atoms with van der Waals surface area (Å²) in [6.45, 7) is 0. The molecule has 4 N–H and O–H groups in total. The highest BCUT2D eigenvalue weighted by atomic mass is 35.5. The third-order valence-electron chi connectivity index (χ3n) is 5.02. The van der Waals surface area contributed by atoms with Crippen LogP contribution in [0.2, 0.25) is 5.02 Å². The number of nitrogens with one attached hydrogen (secondary N) is 3. The van der Waals surface area contributed by atoms with Crippen LogP contribution in [0.5, 0.6) is 0 Å². The van der Waals surface area contributed by atoms with E-state index in [1.807, 2.05) is 0 Å². The molecule has 2 heterocycles. The summed E-state index contributed by atoms with van der Waals surface area (Å²) in [6, 6.07) is 7.79. The highest BCUT2D eigenvalue weighted by Crippen LogP contribution is 2.34. The van der Waals surface area contributed by atoms with Crippen molar-refractivity contribution in [1.82, 2.24) is 14.3 Å². The highest BCUT2D eigenvalue weighted by Gasteiger charge is 2.31. The molecule has 2 aliphatic rings. The van der Waals surface area contributed by atoms with Gasteiger partial charge in [0.15, 0.2) is 0 Å². The number of aliphatic carboxylic acids is 1. The molecule has 0 bridgehead atoms. The molecule has 0 unspecified atom stereocenters. The van der Waals surface area contributed by atoms with Gasteiger partial charge in [-0.2, -0.15) is 0 Å². The average Bonchev–Trinajstić information content (AvgIpc) is 3.28. The summed E-state index contributed by atoms with van der Waals surface area (Å²) < 4.78 is 46.3. The number of hydrogen-bond acceptors (Lipinski definition) is 7. The first-order valence-electron chi connectivity index (χ1n) is 10.1. The minimum Gasteiger partial charge on any atom is -0.480 e. The third-order valence-corrected chi connectivity index (χ3v) is 7.41. The largest absolute Gasteiger partial charge is 0.480 e. The van der Waals surface area contributed by atoms with Gasteiger partial charge in [0, 0.05) is 23.8 Å². The van der Waals surface area contributed by atoms with Crippen molar-refractivity contribution in [3.05, 3.63) is 99.6 Å². The number of sulfonamides is 1. The maximum Gasteiger partial charge on any atom is 0.326 e. The topological polar surface area (TPSA) is 128 Å². The number of carbonyl (C=O) groups excluding carboxylic acids is 1. The predicted molar refractivity (Wildman–Crippen MR) is 131 cm³/mol. The smallest absolute Gasteiger partial charge is 0.326 e. The van der Waals surface area contributed by atoms with Gasteiger partial charge in [-0.15, -0.1) is 0 Å². The van der Waals surface area contributed by atoms with Crippen LogP contribution in [0.1, 0.15) is 15.9 Å². The number of carbonyl (C=O) groups is 2. The van der Waals surface area contributed by atoms with Crippen molar-refractivity contribution < 1.29 is 27.5 Å². The molecule has 4 rings (SSSR count). The lowest BCUT2D eigenvalue weighted by Gasteiger charge is -2.21. The molecule has 2 aromatic rings. The molecule has 0 saturated heterocycles. The summed E-state index contributed by atoms with van der Waals surface area (Å²) in [5.41, 5.74) is 0.639. The molecule has 182 valence electrons. The van der Waals surface area contributed by atoms with E-state index >= 15 is 0 Å². The number of fused-ring (bicyclic) bond motifs is 1. The van der Waals surface area contributed by atoms with Crippen LogP contribution in [0.3, 0.4) is 0 Å². The molecule has 0 fully saturated rings. The van der Waals surface area contributed by atoms with Gasteiger partial charge >= 0.3 is 5.97 Å². The Labute approximate surface area is 209 Å². The number of anilines is 1. The van der Waals surface area contributed by atoms with Crippen molar-refractivity contribution >= 4 is 51.3 Å². The number of halogens is 2. The Morgan fingerprint density at radius 3 is 2.66 bits per heavy atom. The Morgan fingerprint density at radius 1 is 1.20 bits per heavy atom. The van der Waals surface area contributed by atoms with Crippen LogP contribution in [0.25, 0.3) is 0 Å². The van der Waals surface area contributed by atoms with Gasteiger partial charge in [-0.3, -0.25) is 13.8 Å². The molecule has 0 aromatic heterocycles. The van der Waals surface area contributed by atoms with Gasteiger partial charge in [0.1, 0.15) is 16.8 Å². The van der Waals surface area contributed by atoms with Gasteiger partial charge in [-0.1, -0.05) is 23.7 Å². The van der Waals surface area contributed by atoms with Crippen LogP contribution in [0.4, 0.5) is 10.1 Å². The van der Waals surface area contributed by atoms with Crippen molar-refractivity contribution in [3.63, 3.8) is 0 Å². The monoisotopic (exact) mass is 536 g/mol. The minimum atomic E-state index is -4.15. The van der Waals surface area contributed by atoms with Crippen LogP contribution in [0.15, 0.2) is 77.6 Å². The summed E-state index contributed by atoms with van der Waals surface area (Å²) in [7, 11) is -4.15. The van der Waals surface area contributed by atoms with E-state index < -0.39 is 33.8 Å².